The van der Waals surface area contributed by atoms with Gasteiger partial charge in [-0.05, 0) is 40.5 Å². The lowest BCUT2D eigenvalue weighted by Crippen LogP contribution is -2.28. The van der Waals surface area contributed by atoms with E-state index in [2.05, 4.69) is 21.2 Å². The van der Waals surface area contributed by atoms with E-state index in [4.69, 9.17) is 10.2 Å². The molecule has 0 amide bonds. The molecule has 0 bridgehead atoms. The van der Waals surface area contributed by atoms with Crippen LogP contribution in [0.5, 0.6) is 0 Å². The van der Waals surface area contributed by atoms with Gasteiger partial charge in [-0.15, -0.1) is 0 Å². The maximum Gasteiger partial charge on any atom is 0.326 e. The lowest BCUT2D eigenvalue weighted by molar-refractivity contribution is -0.137. The Balaban J connectivity index is 3.03. The Morgan fingerprint density at radius 3 is 2.56 bits per heavy atom. The van der Waals surface area contributed by atoms with Crippen LogP contribution in [0.25, 0.3) is 0 Å². The van der Waals surface area contributed by atoms with Gasteiger partial charge in [-0.25, -0.2) is 18.4 Å². The van der Waals surface area contributed by atoms with Crippen LogP contribution in [0.15, 0.2) is 27.6 Å². The number of benzene rings is 1. The van der Waals surface area contributed by atoms with Gasteiger partial charge in [0.1, 0.15) is 6.04 Å². The number of carboxylic acids is 1. The molecule has 0 spiro atoms. The van der Waals surface area contributed by atoms with E-state index < -0.39 is 22.0 Å². The summed E-state index contributed by atoms with van der Waals surface area (Å²) in [4.78, 5) is 10.8. The highest BCUT2D eigenvalue weighted by molar-refractivity contribution is 9.10. The third-order valence-electron chi connectivity index (χ3n) is 2.31. The van der Waals surface area contributed by atoms with Crippen LogP contribution in [-0.2, 0) is 14.8 Å². The first kappa shape index (κ1) is 14.9. The van der Waals surface area contributed by atoms with Crippen LogP contribution in [0.1, 0.15) is 13.3 Å². The monoisotopic (exact) mass is 336 g/mol. The van der Waals surface area contributed by atoms with Crippen molar-refractivity contribution < 1.29 is 18.3 Å². The highest BCUT2D eigenvalue weighted by atomic mass is 79.9. The first-order valence-electron chi connectivity index (χ1n) is 5.07. The summed E-state index contributed by atoms with van der Waals surface area (Å²) in [6.07, 6.45) is 0.402. The summed E-state index contributed by atoms with van der Waals surface area (Å²) in [6, 6.07) is 3.38. The summed E-state index contributed by atoms with van der Waals surface area (Å²) >= 11 is 3.17. The van der Waals surface area contributed by atoms with Crippen LogP contribution in [-0.4, -0.2) is 25.5 Å². The van der Waals surface area contributed by atoms with Gasteiger partial charge in [-0.2, -0.15) is 0 Å². The molecule has 0 saturated heterocycles. The average molecular weight is 337 g/mol. The lowest BCUT2D eigenvalue weighted by Gasteiger charge is -2.15. The second-order valence-corrected chi connectivity index (χ2v) is 6.05. The molecule has 1 aromatic rings. The number of hydrogen-bond donors (Lipinski definition) is 3. The fraction of sp³-hybridized carbons (Fsp3) is 0.300. The molecule has 4 N–H and O–H groups in total. The number of carbonyl (C=O) groups is 1. The van der Waals surface area contributed by atoms with Crippen molar-refractivity contribution in [2.24, 2.45) is 5.14 Å². The highest BCUT2D eigenvalue weighted by Crippen LogP contribution is 2.26. The molecule has 1 atom stereocenters. The van der Waals surface area contributed by atoms with Crippen LogP contribution >= 0.6 is 15.9 Å². The van der Waals surface area contributed by atoms with Crippen LogP contribution in [0.2, 0.25) is 0 Å². The van der Waals surface area contributed by atoms with Crippen molar-refractivity contribution in [3.05, 3.63) is 22.7 Å². The average Bonchev–Trinajstić information content (AvgIpc) is 2.25. The number of aliphatic carboxylic acids is 1. The van der Waals surface area contributed by atoms with E-state index in [0.29, 0.717) is 16.6 Å². The van der Waals surface area contributed by atoms with E-state index >= 15 is 0 Å². The SMILES string of the molecule is CCC(Nc1ccc(S(N)(=O)=O)cc1Br)C(=O)O. The molecule has 0 aliphatic carbocycles. The Kier molecular flexibility index (Phi) is 4.71. The van der Waals surface area contributed by atoms with Gasteiger partial charge < -0.3 is 10.4 Å². The molecular weight excluding hydrogens is 324 g/mol. The van der Waals surface area contributed by atoms with Gasteiger partial charge in [0.25, 0.3) is 0 Å². The number of anilines is 1. The fourth-order valence-electron chi connectivity index (χ4n) is 1.32. The summed E-state index contributed by atoms with van der Waals surface area (Å²) in [6.45, 7) is 1.73. The standard InChI is InChI=1S/C10H13BrN2O4S/c1-2-8(10(14)15)13-9-4-3-6(5-7(9)11)18(12,16)17/h3-5,8,13H,2H2,1H3,(H,14,15)(H2,12,16,17). The number of nitrogens with one attached hydrogen (secondary N) is 1. The summed E-state index contributed by atoms with van der Waals surface area (Å²) in [5.41, 5.74) is 0.497. The predicted molar refractivity (Wildman–Crippen MR) is 70.9 cm³/mol. The number of nitrogens with two attached hydrogens (primary N) is 1. The molecule has 0 aliphatic rings. The minimum atomic E-state index is -3.77. The van der Waals surface area contributed by atoms with Crippen LogP contribution in [0.3, 0.4) is 0 Å². The Labute approximate surface area is 113 Å². The second-order valence-electron chi connectivity index (χ2n) is 3.63. The molecule has 1 rings (SSSR count). The number of rotatable bonds is 5. The summed E-state index contributed by atoms with van der Waals surface area (Å²) < 4.78 is 22.7. The zero-order valence-corrected chi connectivity index (χ0v) is 12.0. The summed E-state index contributed by atoms with van der Waals surface area (Å²) in [7, 11) is -3.77. The highest BCUT2D eigenvalue weighted by Gasteiger charge is 2.17. The minimum Gasteiger partial charge on any atom is -0.480 e. The summed E-state index contributed by atoms with van der Waals surface area (Å²) in [5, 5.41) is 16.7. The van der Waals surface area contributed by atoms with Crippen molar-refractivity contribution in [3.8, 4) is 0 Å². The zero-order chi connectivity index (χ0) is 13.9. The lowest BCUT2D eigenvalue weighted by atomic mass is 10.2. The third kappa shape index (κ3) is 3.69. The topological polar surface area (TPSA) is 109 Å². The Hall–Kier alpha value is -1.12. The van der Waals surface area contributed by atoms with Gasteiger partial charge in [-0.1, -0.05) is 6.92 Å². The molecule has 1 unspecified atom stereocenters. The molecule has 8 heteroatoms. The molecule has 18 heavy (non-hydrogen) atoms. The number of hydrogen-bond acceptors (Lipinski definition) is 4. The second kappa shape index (κ2) is 5.68. The van der Waals surface area contributed by atoms with E-state index in [1.165, 1.54) is 18.2 Å². The van der Waals surface area contributed by atoms with Crippen molar-refractivity contribution in [1.82, 2.24) is 0 Å². The normalized spacial score (nSPS) is 13.1. The van der Waals surface area contributed by atoms with Gasteiger partial charge in [0, 0.05) is 10.2 Å². The first-order chi connectivity index (χ1) is 8.25. The number of primary sulfonamides is 1. The van der Waals surface area contributed by atoms with Crippen molar-refractivity contribution in [1.29, 1.82) is 0 Å². The van der Waals surface area contributed by atoms with Crippen molar-refractivity contribution in [2.75, 3.05) is 5.32 Å². The maximum atomic E-state index is 11.1. The van der Waals surface area contributed by atoms with Gasteiger partial charge >= 0.3 is 5.97 Å². The van der Waals surface area contributed by atoms with Gasteiger partial charge in [0.2, 0.25) is 10.0 Å². The molecule has 0 radical (unpaired) electrons. The molecule has 1 aromatic carbocycles. The van der Waals surface area contributed by atoms with Crippen molar-refractivity contribution in [2.45, 2.75) is 24.3 Å². The Bertz CT molecular complexity index is 559. The molecular formula is C10H13BrN2O4S. The van der Waals surface area contributed by atoms with Gasteiger partial charge in [-0.3, -0.25) is 0 Å². The predicted octanol–water partition coefficient (Wildman–Crippen LogP) is 1.37. The molecule has 0 fully saturated rings. The Morgan fingerprint density at radius 2 is 2.17 bits per heavy atom. The van der Waals surface area contributed by atoms with E-state index in [1.54, 1.807) is 6.92 Å². The third-order valence-corrected chi connectivity index (χ3v) is 3.87. The van der Waals surface area contributed by atoms with Crippen LogP contribution in [0.4, 0.5) is 5.69 Å². The van der Waals surface area contributed by atoms with Crippen LogP contribution in [0, 0.1) is 0 Å². The minimum absolute atomic E-state index is 0.0386. The van der Waals surface area contributed by atoms with E-state index in [-0.39, 0.29) is 4.90 Å². The van der Waals surface area contributed by atoms with E-state index in [1.807, 2.05) is 0 Å². The van der Waals surface area contributed by atoms with Crippen molar-refractivity contribution >= 4 is 37.6 Å². The molecule has 0 aromatic heterocycles. The molecule has 100 valence electrons. The molecule has 6 nitrogen and oxygen atoms in total. The zero-order valence-electron chi connectivity index (χ0n) is 9.55. The number of carboxylic acid groups (broad SMARTS) is 1. The van der Waals surface area contributed by atoms with Crippen LogP contribution < -0.4 is 10.5 Å². The molecule has 0 heterocycles. The van der Waals surface area contributed by atoms with E-state index in [0.717, 1.165) is 0 Å². The largest absolute Gasteiger partial charge is 0.480 e. The van der Waals surface area contributed by atoms with Gasteiger partial charge in [0.15, 0.2) is 0 Å². The Morgan fingerprint density at radius 1 is 1.56 bits per heavy atom. The van der Waals surface area contributed by atoms with Gasteiger partial charge in [0.05, 0.1) is 4.90 Å². The summed E-state index contributed by atoms with van der Waals surface area (Å²) in [5.74, 6) is -0.972. The smallest absolute Gasteiger partial charge is 0.326 e. The van der Waals surface area contributed by atoms with E-state index in [9.17, 15) is 13.2 Å². The maximum absolute atomic E-state index is 11.1. The molecule has 0 saturated carbocycles. The fourth-order valence-corrected chi connectivity index (χ4v) is 2.50. The van der Waals surface area contributed by atoms with Crippen molar-refractivity contribution in [3.63, 3.8) is 0 Å². The molecule has 0 aliphatic heterocycles. The number of sulfonamides is 1. The first-order valence-corrected chi connectivity index (χ1v) is 7.41. The quantitative estimate of drug-likeness (QED) is 0.752. The number of halogens is 1.